The maximum atomic E-state index is 12.9. The fraction of sp³-hybridized carbons (Fsp3) is 0.0455. The van der Waals surface area contributed by atoms with Crippen molar-refractivity contribution in [2.45, 2.75) is 6.42 Å². The van der Waals surface area contributed by atoms with Crippen molar-refractivity contribution in [3.8, 4) is 11.6 Å². The number of para-hydroxylation sites is 1. The lowest BCUT2D eigenvalue weighted by Crippen LogP contribution is -2.14. The van der Waals surface area contributed by atoms with Gasteiger partial charge in [0.25, 0.3) is 0 Å². The molecule has 0 bridgehead atoms. The summed E-state index contributed by atoms with van der Waals surface area (Å²) in [6.45, 7) is 0. The van der Waals surface area contributed by atoms with E-state index in [0.717, 1.165) is 16.5 Å². The van der Waals surface area contributed by atoms with Crippen molar-refractivity contribution in [2.75, 3.05) is 5.32 Å². The molecule has 1 amide bonds. The predicted molar refractivity (Wildman–Crippen MR) is 105 cm³/mol. The fourth-order valence-corrected chi connectivity index (χ4v) is 2.83. The van der Waals surface area contributed by atoms with Gasteiger partial charge in [0.15, 0.2) is 0 Å². The van der Waals surface area contributed by atoms with Crippen LogP contribution in [0.4, 0.5) is 10.1 Å². The Kier molecular flexibility index (Phi) is 4.93. The van der Waals surface area contributed by atoms with Crippen LogP contribution in [0, 0.1) is 5.82 Å². The number of rotatable bonds is 5. The van der Waals surface area contributed by atoms with E-state index < -0.39 is 0 Å². The SMILES string of the molecule is O=C(Cc1cccc2cccnc12)Nc1ccc(Oc2ccc(F)cc2)nc1. The summed E-state index contributed by atoms with van der Waals surface area (Å²) < 4.78 is 18.5. The van der Waals surface area contributed by atoms with E-state index in [9.17, 15) is 9.18 Å². The molecule has 4 rings (SSSR count). The van der Waals surface area contributed by atoms with Crippen molar-refractivity contribution in [1.29, 1.82) is 0 Å². The number of ether oxygens (including phenoxy) is 1. The third-order valence-electron chi connectivity index (χ3n) is 4.12. The molecule has 0 atom stereocenters. The van der Waals surface area contributed by atoms with E-state index in [2.05, 4.69) is 15.3 Å². The van der Waals surface area contributed by atoms with E-state index in [0.29, 0.717) is 17.3 Å². The normalized spacial score (nSPS) is 10.6. The molecule has 0 radical (unpaired) electrons. The largest absolute Gasteiger partial charge is 0.439 e. The second-order valence-corrected chi connectivity index (χ2v) is 6.16. The lowest BCUT2D eigenvalue weighted by Gasteiger charge is -2.08. The molecule has 0 aliphatic rings. The third kappa shape index (κ3) is 4.12. The molecule has 0 saturated heterocycles. The minimum absolute atomic E-state index is 0.160. The average molecular weight is 373 g/mol. The van der Waals surface area contributed by atoms with Crippen molar-refractivity contribution < 1.29 is 13.9 Å². The van der Waals surface area contributed by atoms with Crippen LogP contribution in [0.1, 0.15) is 5.56 Å². The van der Waals surface area contributed by atoms with E-state index in [1.54, 1.807) is 18.3 Å². The van der Waals surface area contributed by atoms with Crippen LogP contribution in [-0.2, 0) is 11.2 Å². The topological polar surface area (TPSA) is 64.1 Å². The molecule has 0 aliphatic carbocycles. The van der Waals surface area contributed by atoms with Crippen molar-refractivity contribution >= 4 is 22.5 Å². The highest BCUT2D eigenvalue weighted by atomic mass is 19.1. The van der Waals surface area contributed by atoms with Gasteiger partial charge < -0.3 is 10.1 Å². The fourth-order valence-electron chi connectivity index (χ4n) is 2.83. The third-order valence-corrected chi connectivity index (χ3v) is 4.12. The molecule has 5 nitrogen and oxygen atoms in total. The molecular weight excluding hydrogens is 357 g/mol. The van der Waals surface area contributed by atoms with Gasteiger partial charge in [0, 0.05) is 17.6 Å². The lowest BCUT2D eigenvalue weighted by atomic mass is 10.1. The van der Waals surface area contributed by atoms with Crippen LogP contribution in [0.3, 0.4) is 0 Å². The Morgan fingerprint density at radius 2 is 1.79 bits per heavy atom. The molecule has 6 heteroatoms. The van der Waals surface area contributed by atoms with Gasteiger partial charge in [-0.05, 0) is 42.0 Å². The Morgan fingerprint density at radius 3 is 2.57 bits per heavy atom. The lowest BCUT2D eigenvalue weighted by molar-refractivity contribution is -0.115. The Balaban J connectivity index is 1.41. The highest BCUT2D eigenvalue weighted by Gasteiger charge is 2.09. The monoisotopic (exact) mass is 373 g/mol. The zero-order chi connectivity index (χ0) is 19.3. The maximum Gasteiger partial charge on any atom is 0.228 e. The van der Waals surface area contributed by atoms with Crippen LogP contribution in [0.5, 0.6) is 11.6 Å². The number of fused-ring (bicyclic) bond motifs is 1. The first-order valence-corrected chi connectivity index (χ1v) is 8.69. The van der Waals surface area contributed by atoms with Crippen LogP contribution in [0.15, 0.2) is 79.1 Å². The van der Waals surface area contributed by atoms with Gasteiger partial charge in [-0.1, -0.05) is 24.3 Å². The summed E-state index contributed by atoms with van der Waals surface area (Å²) in [6, 6.07) is 18.6. The highest BCUT2D eigenvalue weighted by Crippen LogP contribution is 2.21. The number of benzene rings is 2. The number of nitrogens with one attached hydrogen (secondary N) is 1. The molecule has 0 unspecified atom stereocenters. The van der Waals surface area contributed by atoms with Crippen LogP contribution in [0.2, 0.25) is 0 Å². The number of anilines is 1. The average Bonchev–Trinajstić information content (AvgIpc) is 2.71. The summed E-state index contributed by atoms with van der Waals surface area (Å²) in [5.41, 5.74) is 2.24. The zero-order valence-electron chi connectivity index (χ0n) is 14.8. The number of aromatic nitrogens is 2. The molecule has 0 saturated carbocycles. The molecule has 2 aromatic heterocycles. The number of amides is 1. The summed E-state index contributed by atoms with van der Waals surface area (Å²) in [6.07, 6.45) is 3.44. The Bertz CT molecular complexity index is 1110. The van der Waals surface area contributed by atoms with Crippen molar-refractivity contribution in [1.82, 2.24) is 9.97 Å². The van der Waals surface area contributed by atoms with Gasteiger partial charge in [0.2, 0.25) is 11.8 Å². The molecule has 4 aromatic rings. The highest BCUT2D eigenvalue weighted by molar-refractivity contribution is 5.95. The quantitative estimate of drug-likeness (QED) is 0.549. The number of hydrogen-bond acceptors (Lipinski definition) is 4. The first-order valence-electron chi connectivity index (χ1n) is 8.69. The van der Waals surface area contributed by atoms with Crippen molar-refractivity contribution in [2.24, 2.45) is 0 Å². The minimum Gasteiger partial charge on any atom is -0.439 e. The van der Waals surface area contributed by atoms with Gasteiger partial charge >= 0.3 is 0 Å². The molecule has 2 heterocycles. The number of carbonyl (C=O) groups excluding carboxylic acids is 1. The minimum atomic E-state index is -0.334. The number of nitrogens with zero attached hydrogens (tertiary/aromatic N) is 2. The Morgan fingerprint density at radius 1 is 0.964 bits per heavy atom. The van der Waals surface area contributed by atoms with Gasteiger partial charge in [0.1, 0.15) is 11.6 Å². The molecule has 0 fully saturated rings. The first-order chi connectivity index (χ1) is 13.7. The molecule has 0 spiro atoms. The molecule has 28 heavy (non-hydrogen) atoms. The second kappa shape index (κ2) is 7.84. The first kappa shape index (κ1) is 17.6. The molecule has 138 valence electrons. The number of pyridine rings is 2. The standard InChI is InChI=1S/C22H16FN3O2/c23-17-6-9-19(10-7-17)28-21-11-8-18(14-25-21)26-20(27)13-16-4-1-3-15-5-2-12-24-22(15)16/h1-12,14H,13H2,(H,26,27). The van der Waals surface area contributed by atoms with E-state index in [4.69, 9.17) is 4.74 Å². The van der Waals surface area contributed by atoms with Crippen molar-refractivity contribution in [3.05, 3.63) is 90.5 Å². The summed E-state index contributed by atoms with van der Waals surface area (Å²) in [5.74, 6) is 0.337. The van der Waals surface area contributed by atoms with Gasteiger partial charge in [-0.25, -0.2) is 9.37 Å². The van der Waals surface area contributed by atoms with Crippen molar-refractivity contribution in [3.63, 3.8) is 0 Å². The molecule has 1 N–H and O–H groups in total. The van der Waals surface area contributed by atoms with Gasteiger partial charge in [-0.3, -0.25) is 9.78 Å². The van der Waals surface area contributed by atoms with Crippen LogP contribution >= 0.6 is 0 Å². The van der Waals surface area contributed by atoms with Crippen LogP contribution in [-0.4, -0.2) is 15.9 Å². The number of carbonyl (C=O) groups is 1. The predicted octanol–water partition coefficient (Wildman–Crippen LogP) is 4.74. The van der Waals surface area contributed by atoms with E-state index in [-0.39, 0.29) is 18.1 Å². The summed E-state index contributed by atoms with van der Waals surface area (Å²) in [4.78, 5) is 20.9. The van der Waals surface area contributed by atoms with E-state index in [1.165, 1.54) is 30.5 Å². The van der Waals surface area contributed by atoms with E-state index >= 15 is 0 Å². The van der Waals surface area contributed by atoms with Crippen LogP contribution in [0.25, 0.3) is 10.9 Å². The molecule has 2 aromatic carbocycles. The Hall–Kier alpha value is -3.80. The number of hydrogen-bond donors (Lipinski definition) is 1. The summed E-state index contributed by atoms with van der Waals surface area (Å²) in [7, 11) is 0. The van der Waals surface area contributed by atoms with Gasteiger partial charge in [-0.15, -0.1) is 0 Å². The summed E-state index contributed by atoms with van der Waals surface area (Å²) in [5, 5.41) is 3.82. The van der Waals surface area contributed by atoms with Gasteiger partial charge in [-0.2, -0.15) is 0 Å². The smallest absolute Gasteiger partial charge is 0.228 e. The van der Waals surface area contributed by atoms with Gasteiger partial charge in [0.05, 0.1) is 23.8 Å². The number of halogens is 1. The zero-order valence-corrected chi connectivity index (χ0v) is 14.8. The second-order valence-electron chi connectivity index (χ2n) is 6.16. The summed E-state index contributed by atoms with van der Waals surface area (Å²) >= 11 is 0. The van der Waals surface area contributed by atoms with Crippen LogP contribution < -0.4 is 10.1 Å². The Labute approximate surface area is 160 Å². The maximum absolute atomic E-state index is 12.9. The molecule has 0 aliphatic heterocycles. The van der Waals surface area contributed by atoms with E-state index in [1.807, 2.05) is 30.3 Å². The molecular formula is C22H16FN3O2.